The molecular weight excluding hydrogens is 320 g/mol. The van der Waals surface area contributed by atoms with E-state index in [2.05, 4.69) is 5.32 Å². The highest BCUT2D eigenvalue weighted by atomic mass is 16.5. The van der Waals surface area contributed by atoms with Gasteiger partial charge in [-0.1, -0.05) is 31.5 Å². The summed E-state index contributed by atoms with van der Waals surface area (Å²) < 4.78 is 5.10. The molecule has 1 aromatic carbocycles. The number of benzene rings is 1. The lowest BCUT2D eigenvalue weighted by Gasteiger charge is -2.17. The Bertz CT molecular complexity index is 623. The second-order valence-electron chi connectivity index (χ2n) is 6.43. The summed E-state index contributed by atoms with van der Waals surface area (Å²) in [5.41, 5.74) is 1.88. The van der Waals surface area contributed by atoms with E-state index in [4.69, 9.17) is 4.74 Å². The molecule has 2 amide bonds. The summed E-state index contributed by atoms with van der Waals surface area (Å²) in [6.45, 7) is 5.94. The molecule has 136 valence electrons. The van der Waals surface area contributed by atoms with Gasteiger partial charge in [0.2, 0.25) is 5.91 Å². The average molecular weight is 346 g/mol. The first-order valence-electron chi connectivity index (χ1n) is 8.77. The first-order chi connectivity index (χ1) is 11.9. The number of aryl methyl sites for hydroxylation is 1. The van der Waals surface area contributed by atoms with E-state index in [1.165, 1.54) is 0 Å². The predicted molar refractivity (Wildman–Crippen MR) is 95.1 cm³/mol. The number of rotatable bonds is 7. The maximum absolute atomic E-state index is 12.2. The summed E-state index contributed by atoms with van der Waals surface area (Å²) >= 11 is 0. The van der Waals surface area contributed by atoms with Gasteiger partial charge in [0.1, 0.15) is 0 Å². The minimum absolute atomic E-state index is 0.0938. The van der Waals surface area contributed by atoms with Gasteiger partial charge in [-0.2, -0.15) is 0 Å². The molecule has 0 radical (unpaired) electrons. The van der Waals surface area contributed by atoms with Crippen LogP contribution in [0.2, 0.25) is 0 Å². The predicted octanol–water partition coefficient (Wildman–Crippen LogP) is 2.20. The number of hydrogen-bond donors (Lipinski definition) is 1. The van der Waals surface area contributed by atoms with Gasteiger partial charge in [0.15, 0.2) is 6.61 Å². The highest BCUT2D eigenvalue weighted by molar-refractivity contribution is 5.99. The Hall–Kier alpha value is -2.37. The molecule has 1 N–H and O–H groups in total. The van der Waals surface area contributed by atoms with Crippen LogP contribution in [0.25, 0.3) is 0 Å². The van der Waals surface area contributed by atoms with Crippen LogP contribution in [0.3, 0.4) is 0 Å². The number of carbonyl (C=O) groups excluding carboxylic acids is 3. The van der Waals surface area contributed by atoms with E-state index in [1.54, 1.807) is 4.90 Å². The largest absolute Gasteiger partial charge is 0.455 e. The number of anilines is 1. The summed E-state index contributed by atoms with van der Waals surface area (Å²) in [4.78, 5) is 37.7. The molecule has 1 atom stereocenters. The zero-order chi connectivity index (χ0) is 18.4. The van der Waals surface area contributed by atoms with E-state index in [0.29, 0.717) is 0 Å². The number of hydrogen-bond acceptors (Lipinski definition) is 4. The Morgan fingerprint density at radius 2 is 1.88 bits per heavy atom. The summed E-state index contributed by atoms with van der Waals surface area (Å²) in [6.07, 6.45) is 1.78. The van der Waals surface area contributed by atoms with E-state index in [1.807, 2.05) is 45.0 Å². The monoisotopic (exact) mass is 346 g/mol. The molecule has 0 bridgehead atoms. The van der Waals surface area contributed by atoms with Crippen LogP contribution in [0, 0.1) is 12.8 Å². The second-order valence-corrected chi connectivity index (χ2v) is 6.43. The molecule has 2 rings (SSSR count). The molecular formula is C19H26N2O4. The fraction of sp³-hybridized carbons (Fsp3) is 0.526. The van der Waals surface area contributed by atoms with E-state index in [9.17, 15) is 14.4 Å². The Labute approximate surface area is 148 Å². The van der Waals surface area contributed by atoms with E-state index >= 15 is 0 Å². The number of carbonyl (C=O) groups is 3. The molecule has 0 aliphatic carbocycles. The van der Waals surface area contributed by atoms with Gasteiger partial charge in [-0.15, -0.1) is 0 Å². The molecule has 1 heterocycles. The van der Waals surface area contributed by atoms with Crippen LogP contribution in [0.5, 0.6) is 0 Å². The third-order valence-electron chi connectivity index (χ3n) is 4.50. The highest BCUT2D eigenvalue weighted by Crippen LogP contribution is 2.26. The van der Waals surface area contributed by atoms with Crippen molar-refractivity contribution in [2.45, 2.75) is 46.1 Å². The van der Waals surface area contributed by atoms with Crippen molar-refractivity contribution >= 4 is 23.5 Å². The van der Waals surface area contributed by atoms with Crippen molar-refractivity contribution in [1.82, 2.24) is 5.32 Å². The summed E-state index contributed by atoms with van der Waals surface area (Å²) in [5.74, 6) is -1.44. The van der Waals surface area contributed by atoms with Gasteiger partial charge in [0, 0.05) is 24.7 Å². The lowest BCUT2D eigenvalue weighted by Crippen LogP contribution is -2.37. The molecule has 0 saturated carbocycles. The molecule has 25 heavy (non-hydrogen) atoms. The third kappa shape index (κ3) is 5.05. The van der Waals surface area contributed by atoms with Gasteiger partial charge in [-0.3, -0.25) is 14.4 Å². The first-order valence-corrected chi connectivity index (χ1v) is 8.77. The maximum Gasteiger partial charge on any atom is 0.311 e. The van der Waals surface area contributed by atoms with E-state index in [0.717, 1.165) is 24.1 Å². The van der Waals surface area contributed by atoms with Crippen LogP contribution >= 0.6 is 0 Å². The van der Waals surface area contributed by atoms with Crippen molar-refractivity contribution in [3.05, 3.63) is 29.8 Å². The topological polar surface area (TPSA) is 75.7 Å². The van der Waals surface area contributed by atoms with Crippen LogP contribution < -0.4 is 10.2 Å². The first kappa shape index (κ1) is 19.0. The van der Waals surface area contributed by atoms with Gasteiger partial charge >= 0.3 is 5.97 Å². The Morgan fingerprint density at radius 1 is 1.24 bits per heavy atom. The smallest absolute Gasteiger partial charge is 0.311 e. The molecule has 0 unspecified atom stereocenters. The summed E-state index contributed by atoms with van der Waals surface area (Å²) in [6, 6.07) is 7.68. The van der Waals surface area contributed by atoms with E-state index in [-0.39, 0.29) is 37.4 Å². The van der Waals surface area contributed by atoms with Crippen LogP contribution in [0.15, 0.2) is 24.3 Å². The van der Waals surface area contributed by atoms with Crippen LogP contribution in [-0.2, 0) is 19.1 Å². The van der Waals surface area contributed by atoms with Crippen molar-refractivity contribution in [3.8, 4) is 0 Å². The van der Waals surface area contributed by atoms with Gasteiger partial charge in [0.25, 0.3) is 5.91 Å². The molecule has 0 spiro atoms. The Kier molecular flexibility index (Phi) is 6.56. The second kappa shape index (κ2) is 8.65. The van der Waals surface area contributed by atoms with E-state index < -0.39 is 11.9 Å². The molecule has 6 nitrogen and oxygen atoms in total. The Balaban J connectivity index is 1.86. The maximum atomic E-state index is 12.2. The summed E-state index contributed by atoms with van der Waals surface area (Å²) in [5, 5.41) is 2.82. The highest BCUT2D eigenvalue weighted by Gasteiger charge is 2.36. The number of nitrogens with zero attached hydrogens (tertiary/aromatic N) is 1. The minimum atomic E-state index is -0.533. The van der Waals surface area contributed by atoms with Crippen LogP contribution in [0.1, 0.15) is 38.7 Å². The van der Waals surface area contributed by atoms with Crippen molar-refractivity contribution in [1.29, 1.82) is 0 Å². The molecule has 0 aromatic heterocycles. The fourth-order valence-corrected chi connectivity index (χ4v) is 2.86. The van der Waals surface area contributed by atoms with Crippen molar-refractivity contribution < 1.29 is 19.1 Å². The number of esters is 1. The number of nitrogens with one attached hydrogen (secondary N) is 1. The van der Waals surface area contributed by atoms with Gasteiger partial charge in [0.05, 0.1) is 5.92 Å². The van der Waals surface area contributed by atoms with Gasteiger partial charge < -0.3 is 15.0 Å². The molecule has 6 heteroatoms. The van der Waals surface area contributed by atoms with Gasteiger partial charge in [-0.05, 0) is 31.9 Å². The molecule has 1 aliphatic rings. The lowest BCUT2D eigenvalue weighted by atomic mass is 10.1. The Morgan fingerprint density at radius 3 is 2.48 bits per heavy atom. The van der Waals surface area contributed by atoms with Crippen LogP contribution in [0.4, 0.5) is 5.69 Å². The average Bonchev–Trinajstić information content (AvgIpc) is 3.00. The zero-order valence-corrected chi connectivity index (χ0v) is 15.1. The third-order valence-corrected chi connectivity index (χ3v) is 4.50. The molecule has 1 saturated heterocycles. The number of amides is 2. The zero-order valence-electron chi connectivity index (χ0n) is 15.1. The standard InChI is InChI=1S/C19H26N2O4/c1-4-15(5-2)20-17(22)12-25-19(24)14-10-18(23)21(11-14)16-8-6-13(3)7-9-16/h6-9,14-15H,4-5,10-12H2,1-3H3,(H,20,22)/t14-/m0/s1. The summed E-state index contributed by atoms with van der Waals surface area (Å²) in [7, 11) is 0. The minimum Gasteiger partial charge on any atom is -0.455 e. The van der Waals surface area contributed by atoms with Gasteiger partial charge in [-0.25, -0.2) is 0 Å². The van der Waals surface area contributed by atoms with Crippen molar-refractivity contribution in [2.75, 3.05) is 18.1 Å². The fourth-order valence-electron chi connectivity index (χ4n) is 2.86. The lowest BCUT2D eigenvalue weighted by molar-refractivity contribution is -0.152. The van der Waals surface area contributed by atoms with Crippen molar-refractivity contribution in [2.24, 2.45) is 5.92 Å². The molecule has 1 aromatic rings. The number of ether oxygens (including phenoxy) is 1. The SMILES string of the molecule is CCC(CC)NC(=O)COC(=O)[C@H]1CC(=O)N(c2ccc(C)cc2)C1. The quantitative estimate of drug-likeness (QED) is 0.768. The molecule has 1 fully saturated rings. The van der Waals surface area contributed by atoms with Crippen LogP contribution in [-0.4, -0.2) is 37.0 Å². The normalized spacial score (nSPS) is 17.0. The molecule has 1 aliphatic heterocycles. The van der Waals surface area contributed by atoms with Crippen molar-refractivity contribution in [3.63, 3.8) is 0 Å².